The molecule has 0 saturated carbocycles. The summed E-state index contributed by atoms with van der Waals surface area (Å²) in [5.41, 5.74) is 1.73. The van der Waals surface area contributed by atoms with Crippen LogP contribution in [-0.2, 0) is 22.6 Å². The second kappa shape index (κ2) is 10.8. The lowest BCUT2D eigenvalue weighted by atomic mass is 10.1. The molecule has 0 bridgehead atoms. The number of nitrogens with zero attached hydrogens (tertiary/aromatic N) is 1. The van der Waals surface area contributed by atoms with E-state index in [0.717, 1.165) is 24.0 Å². The van der Waals surface area contributed by atoms with E-state index in [9.17, 15) is 14.0 Å². The number of unbranched alkanes of at least 4 members (excludes halogenated alkanes) is 1. The van der Waals surface area contributed by atoms with Crippen molar-refractivity contribution in [2.75, 3.05) is 13.3 Å². The van der Waals surface area contributed by atoms with Gasteiger partial charge < -0.3 is 19.7 Å². The Morgan fingerprint density at radius 1 is 1.10 bits per heavy atom. The molecule has 0 aliphatic carbocycles. The summed E-state index contributed by atoms with van der Waals surface area (Å²) in [6.45, 7) is 4.80. The van der Waals surface area contributed by atoms with Crippen LogP contribution in [0.25, 0.3) is 0 Å². The number of hydrogen-bond donors (Lipinski definition) is 1. The minimum absolute atomic E-state index is 0.139. The minimum Gasteiger partial charge on any atom is -0.454 e. The number of carbonyl (C=O) groups is 2. The van der Waals surface area contributed by atoms with Crippen molar-refractivity contribution in [3.8, 4) is 11.5 Å². The van der Waals surface area contributed by atoms with Crippen LogP contribution < -0.4 is 14.8 Å². The Hall–Kier alpha value is -3.09. The van der Waals surface area contributed by atoms with E-state index < -0.39 is 6.04 Å². The molecular weight excluding hydrogens is 399 g/mol. The number of aryl methyl sites for hydroxylation is 1. The van der Waals surface area contributed by atoms with Crippen molar-refractivity contribution in [3.05, 3.63) is 59.4 Å². The number of benzene rings is 2. The Morgan fingerprint density at radius 3 is 2.55 bits per heavy atom. The number of ether oxygens (including phenoxy) is 2. The van der Waals surface area contributed by atoms with Crippen LogP contribution >= 0.6 is 0 Å². The molecule has 31 heavy (non-hydrogen) atoms. The standard InChI is InChI=1S/C24H29FN2O4/c1-3-4-13-26-24(29)17(2)27(15-19-5-9-20(25)10-6-19)23(28)12-8-18-7-11-21-22(14-18)31-16-30-21/h5-7,9-11,14,17H,3-4,8,12-13,15-16H2,1-2H3,(H,26,29)/t17-/m1/s1. The number of halogens is 1. The molecule has 1 atom stereocenters. The average Bonchev–Trinajstić information content (AvgIpc) is 3.24. The smallest absolute Gasteiger partial charge is 0.242 e. The molecule has 3 rings (SSSR count). The topological polar surface area (TPSA) is 67.9 Å². The molecular formula is C24H29FN2O4. The van der Waals surface area contributed by atoms with Gasteiger partial charge in [-0.2, -0.15) is 0 Å². The van der Waals surface area contributed by atoms with Crippen LogP contribution in [0.5, 0.6) is 11.5 Å². The summed E-state index contributed by atoms with van der Waals surface area (Å²) in [4.78, 5) is 27.3. The van der Waals surface area contributed by atoms with E-state index in [1.807, 2.05) is 18.2 Å². The molecule has 0 saturated heterocycles. The average molecular weight is 429 g/mol. The third-order valence-electron chi connectivity index (χ3n) is 5.33. The molecule has 0 aromatic heterocycles. The highest BCUT2D eigenvalue weighted by molar-refractivity contribution is 5.87. The second-order valence-corrected chi connectivity index (χ2v) is 7.66. The molecule has 1 aliphatic heterocycles. The van der Waals surface area contributed by atoms with E-state index in [1.54, 1.807) is 24.0 Å². The van der Waals surface area contributed by atoms with Crippen molar-refractivity contribution in [2.24, 2.45) is 0 Å². The molecule has 1 aliphatic rings. The van der Waals surface area contributed by atoms with Gasteiger partial charge in [0.2, 0.25) is 18.6 Å². The summed E-state index contributed by atoms with van der Waals surface area (Å²) in [6, 6.07) is 11.0. The van der Waals surface area contributed by atoms with Crippen LogP contribution in [0.3, 0.4) is 0 Å². The first-order valence-corrected chi connectivity index (χ1v) is 10.7. The Kier molecular flexibility index (Phi) is 7.87. The van der Waals surface area contributed by atoms with Gasteiger partial charge >= 0.3 is 0 Å². The van der Waals surface area contributed by atoms with E-state index in [2.05, 4.69) is 12.2 Å². The van der Waals surface area contributed by atoms with Crippen molar-refractivity contribution >= 4 is 11.8 Å². The van der Waals surface area contributed by atoms with Crippen molar-refractivity contribution < 1.29 is 23.5 Å². The first-order chi connectivity index (χ1) is 15.0. The van der Waals surface area contributed by atoms with E-state index in [0.29, 0.717) is 24.5 Å². The molecule has 2 amide bonds. The Labute approximate surface area is 182 Å². The monoisotopic (exact) mass is 428 g/mol. The maximum absolute atomic E-state index is 13.3. The predicted molar refractivity (Wildman–Crippen MR) is 115 cm³/mol. The minimum atomic E-state index is -0.633. The van der Waals surface area contributed by atoms with Gasteiger partial charge in [0.1, 0.15) is 11.9 Å². The second-order valence-electron chi connectivity index (χ2n) is 7.66. The number of amides is 2. The molecule has 1 N–H and O–H groups in total. The Morgan fingerprint density at radius 2 is 1.81 bits per heavy atom. The summed E-state index contributed by atoms with van der Waals surface area (Å²) < 4.78 is 24.0. The highest BCUT2D eigenvalue weighted by Gasteiger charge is 2.26. The van der Waals surface area contributed by atoms with Crippen LogP contribution in [-0.4, -0.2) is 36.1 Å². The fourth-order valence-corrected chi connectivity index (χ4v) is 3.40. The van der Waals surface area contributed by atoms with Crippen molar-refractivity contribution in [2.45, 2.75) is 52.1 Å². The van der Waals surface area contributed by atoms with Gasteiger partial charge in [-0.3, -0.25) is 9.59 Å². The lowest BCUT2D eigenvalue weighted by Gasteiger charge is -2.29. The Bertz CT molecular complexity index is 901. The number of fused-ring (bicyclic) bond motifs is 1. The normalized spacial score (nSPS) is 13.0. The summed E-state index contributed by atoms with van der Waals surface area (Å²) in [5.74, 6) is 0.712. The lowest BCUT2D eigenvalue weighted by Crippen LogP contribution is -2.47. The predicted octanol–water partition coefficient (Wildman–Crippen LogP) is 3.82. The summed E-state index contributed by atoms with van der Waals surface area (Å²) in [5, 5.41) is 2.89. The van der Waals surface area contributed by atoms with Gasteiger partial charge in [0, 0.05) is 19.5 Å². The van der Waals surface area contributed by atoms with E-state index in [1.165, 1.54) is 12.1 Å². The van der Waals surface area contributed by atoms with Crippen molar-refractivity contribution in [1.82, 2.24) is 10.2 Å². The van der Waals surface area contributed by atoms with Crippen LogP contribution in [0.1, 0.15) is 44.2 Å². The van der Waals surface area contributed by atoms with E-state index >= 15 is 0 Å². The maximum Gasteiger partial charge on any atom is 0.242 e. The fourth-order valence-electron chi connectivity index (χ4n) is 3.40. The zero-order valence-electron chi connectivity index (χ0n) is 18.0. The van der Waals surface area contributed by atoms with Gasteiger partial charge in [-0.1, -0.05) is 31.5 Å². The SMILES string of the molecule is CCCCNC(=O)[C@@H](C)N(Cc1ccc(F)cc1)C(=O)CCc1ccc2c(c1)OCO2. The number of hydrogen-bond acceptors (Lipinski definition) is 4. The van der Waals surface area contributed by atoms with Gasteiger partial charge in [0.15, 0.2) is 11.5 Å². The third-order valence-corrected chi connectivity index (χ3v) is 5.33. The molecule has 7 heteroatoms. The first-order valence-electron chi connectivity index (χ1n) is 10.7. The number of rotatable bonds is 10. The molecule has 6 nitrogen and oxygen atoms in total. The molecule has 0 spiro atoms. The first kappa shape index (κ1) is 22.6. The third kappa shape index (κ3) is 6.20. The highest BCUT2D eigenvalue weighted by Crippen LogP contribution is 2.32. The molecule has 2 aromatic rings. The van der Waals surface area contributed by atoms with Gasteiger partial charge in [-0.25, -0.2) is 4.39 Å². The zero-order valence-corrected chi connectivity index (χ0v) is 18.0. The van der Waals surface area contributed by atoms with Crippen molar-refractivity contribution in [3.63, 3.8) is 0 Å². The van der Waals surface area contributed by atoms with E-state index in [4.69, 9.17) is 9.47 Å². The molecule has 0 radical (unpaired) electrons. The van der Waals surface area contributed by atoms with E-state index in [-0.39, 0.29) is 37.4 Å². The van der Waals surface area contributed by atoms with Crippen LogP contribution in [0.4, 0.5) is 4.39 Å². The largest absolute Gasteiger partial charge is 0.454 e. The molecule has 166 valence electrons. The van der Waals surface area contributed by atoms with Gasteiger partial charge in [-0.05, 0) is 55.2 Å². The Balaban J connectivity index is 1.68. The fraction of sp³-hybridized carbons (Fsp3) is 0.417. The zero-order chi connectivity index (χ0) is 22.2. The summed E-state index contributed by atoms with van der Waals surface area (Å²) >= 11 is 0. The number of carbonyl (C=O) groups excluding carboxylic acids is 2. The highest BCUT2D eigenvalue weighted by atomic mass is 19.1. The number of nitrogens with one attached hydrogen (secondary N) is 1. The summed E-state index contributed by atoms with van der Waals surface area (Å²) in [7, 11) is 0. The maximum atomic E-state index is 13.3. The van der Waals surface area contributed by atoms with Crippen LogP contribution in [0, 0.1) is 5.82 Å². The molecule has 0 fully saturated rings. The quantitative estimate of drug-likeness (QED) is 0.584. The molecule has 0 unspecified atom stereocenters. The lowest BCUT2D eigenvalue weighted by molar-refractivity contribution is -0.140. The molecule has 2 aromatic carbocycles. The van der Waals surface area contributed by atoms with Crippen LogP contribution in [0.15, 0.2) is 42.5 Å². The van der Waals surface area contributed by atoms with Gasteiger partial charge in [0.25, 0.3) is 0 Å². The van der Waals surface area contributed by atoms with Crippen LogP contribution in [0.2, 0.25) is 0 Å². The van der Waals surface area contributed by atoms with Gasteiger partial charge in [0.05, 0.1) is 0 Å². The summed E-state index contributed by atoms with van der Waals surface area (Å²) in [6.07, 6.45) is 2.61. The van der Waals surface area contributed by atoms with Crippen molar-refractivity contribution in [1.29, 1.82) is 0 Å². The van der Waals surface area contributed by atoms with Gasteiger partial charge in [-0.15, -0.1) is 0 Å². The molecule has 1 heterocycles.